The van der Waals surface area contributed by atoms with E-state index in [0.717, 1.165) is 22.4 Å². The summed E-state index contributed by atoms with van der Waals surface area (Å²) in [7, 11) is 1.49. The first-order valence-electron chi connectivity index (χ1n) is 12.8. The molecule has 0 saturated heterocycles. The number of ether oxygens (including phenoxy) is 4. The van der Waals surface area contributed by atoms with Crippen molar-refractivity contribution >= 4 is 33.0 Å². The Morgan fingerprint density at radius 1 is 1.00 bits per heavy atom. The van der Waals surface area contributed by atoms with Gasteiger partial charge in [0.15, 0.2) is 28.8 Å². The molecule has 5 aromatic rings. The van der Waals surface area contributed by atoms with Crippen LogP contribution in [0, 0.1) is 0 Å². The van der Waals surface area contributed by atoms with Gasteiger partial charge >= 0.3 is 6.18 Å². The van der Waals surface area contributed by atoms with Gasteiger partial charge in [-0.05, 0) is 70.0 Å². The molecule has 43 heavy (non-hydrogen) atoms. The SMILES string of the molecule is COc1cc(C=Nn2c(-c3cccc(C(F)(F)F)c3)nc3ccccc3c2=O)c(Br)cc1OCc1ccc2c(c1)OCO2. The van der Waals surface area contributed by atoms with Crippen molar-refractivity contribution < 1.29 is 32.1 Å². The van der Waals surface area contributed by atoms with Gasteiger partial charge in [-0.25, -0.2) is 4.98 Å². The van der Waals surface area contributed by atoms with Crippen LogP contribution in [0.3, 0.4) is 0 Å². The molecule has 2 heterocycles. The molecule has 6 rings (SSSR count). The van der Waals surface area contributed by atoms with E-state index in [1.54, 1.807) is 36.4 Å². The van der Waals surface area contributed by atoms with Gasteiger partial charge in [0.2, 0.25) is 6.79 Å². The Kier molecular flexibility index (Phi) is 7.53. The van der Waals surface area contributed by atoms with Crippen molar-refractivity contribution in [1.82, 2.24) is 9.66 Å². The molecule has 0 bridgehead atoms. The molecule has 0 aliphatic carbocycles. The lowest BCUT2D eigenvalue weighted by Gasteiger charge is -2.14. The van der Waals surface area contributed by atoms with Crippen LogP contribution in [0.4, 0.5) is 13.2 Å². The van der Waals surface area contributed by atoms with E-state index in [1.807, 2.05) is 18.2 Å². The average Bonchev–Trinajstić information content (AvgIpc) is 3.48. The maximum absolute atomic E-state index is 13.5. The van der Waals surface area contributed by atoms with Crippen molar-refractivity contribution in [3.05, 3.63) is 110 Å². The highest BCUT2D eigenvalue weighted by atomic mass is 79.9. The van der Waals surface area contributed by atoms with Gasteiger partial charge in [0, 0.05) is 15.6 Å². The molecule has 8 nitrogen and oxygen atoms in total. The third-order valence-corrected chi connectivity index (χ3v) is 7.32. The van der Waals surface area contributed by atoms with Crippen molar-refractivity contribution in [2.24, 2.45) is 5.10 Å². The summed E-state index contributed by atoms with van der Waals surface area (Å²) in [5.41, 5.74) is 0.380. The Balaban J connectivity index is 1.35. The molecule has 0 spiro atoms. The Morgan fingerprint density at radius 2 is 1.81 bits per heavy atom. The molecule has 0 saturated carbocycles. The van der Waals surface area contributed by atoms with E-state index in [-0.39, 0.29) is 30.2 Å². The van der Waals surface area contributed by atoms with Crippen LogP contribution < -0.4 is 24.5 Å². The zero-order valence-corrected chi connectivity index (χ0v) is 24.0. The van der Waals surface area contributed by atoms with Crippen LogP contribution in [0.2, 0.25) is 0 Å². The largest absolute Gasteiger partial charge is 0.493 e. The van der Waals surface area contributed by atoms with E-state index in [0.29, 0.717) is 38.6 Å². The van der Waals surface area contributed by atoms with E-state index in [1.165, 1.54) is 25.5 Å². The average molecular weight is 652 g/mol. The quantitative estimate of drug-likeness (QED) is 0.176. The fourth-order valence-corrected chi connectivity index (χ4v) is 4.91. The first-order valence-corrected chi connectivity index (χ1v) is 13.6. The van der Waals surface area contributed by atoms with E-state index in [2.05, 4.69) is 26.0 Å². The van der Waals surface area contributed by atoms with Crippen molar-refractivity contribution in [3.63, 3.8) is 0 Å². The first kappa shape index (κ1) is 28.3. The summed E-state index contributed by atoms with van der Waals surface area (Å²) in [6.07, 6.45) is -3.18. The van der Waals surface area contributed by atoms with Gasteiger partial charge in [0.1, 0.15) is 6.61 Å². The minimum atomic E-state index is -4.57. The molecule has 0 radical (unpaired) electrons. The molecule has 12 heteroatoms. The molecule has 0 atom stereocenters. The monoisotopic (exact) mass is 651 g/mol. The number of halogens is 4. The zero-order valence-electron chi connectivity index (χ0n) is 22.4. The summed E-state index contributed by atoms with van der Waals surface area (Å²) in [6.45, 7) is 0.400. The van der Waals surface area contributed by atoms with E-state index in [9.17, 15) is 18.0 Å². The number of nitrogens with zero attached hydrogens (tertiary/aromatic N) is 3. The topological polar surface area (TPSA) is 84.2 Å². The molecule has 1 aliphatic rings. The highest BCUT2D eigenvalue weighted by molar-refractivity contribution is 9.10. The highest BCUT2D eigenvalue weighted by Gasteiger charge is 2.31. The van der Waals surface area contributed by atoms with Crippen molar-refractivity contribution in [1.29, 1.82) is 0 Å². The number of hydrogen-bond donors (Lipinski definition) is 0. The number of para-hydroxylation sites is 1. The summed E-state index contributed by atoms with van der Waals surface area (Å²) in [4.78, 5) is 18.0. The number of rotatable bonds is 7. The van der Waals surface area contributed by atoms with E-state index in [4.69, 9.17) is 18.9 Å². The number of aromatic nitrogens is 2. The molecule has 0 unspecified atom stereocenters. The van der Waals surface area contributed by atoms with Crippen LogP contribution in [0.25, 0.3) is 22.3 Å². The maximum atomic E-state index is 13.5. The van der Waals surface area contributed by atoms with Crippen LogP contribution in [0.5, 0.6) is 23.0 Å². The van der Waals surface area contributed by atoms with Gasteiger partial charge < -0.3 is 18.9 Å². The standard InChI is InChI=1S/C31H21BrF3N3O5/c1-40-26-13-20(23(32)14-28(26)41-16-18-9-10-25-27(11-18)43-17-42-25)15-36-38-29(19-5-4-6-21(12-19)31(33,34)35)37-24-8-3-2-7-22(24)30(38)39/h2-15H,16-17H2,1H3. The lowest BCUT2D eigenvalue weighted by atomic mass is 10.1. The van der Waals surface area contributed by atoms with Crippen molar-refractivity contribution in [2.75, 3.05) is 13.9 Å². The van der Waals surface area contributed by atoms with Gasteiger partial charge in [0.05, 0.1) is 29.8 Å². The van der Waals surface area contributed by atoms with Gasteiger partial charge in [-0.2, -0.15) is 22.9 Å². The fraction of sp³-hybridized carbons (Fsp3) is 0.129. The molecule has 0 N–H and O–H groups in total. The summed E-state index contributed by atoms with van der Waals surface area (Å²) < 4.78 is 64.3. The molecule has 0 fully saturated rings. The highest BCUT2D eigenvalue weighted by Crippen LogP contribution is 2.36. The first-order chi connectivity index (χ1) is 20.7. The summed E-state index contributed by atoms with van der Waals surface area (Å²) in [5, 5.41) is 4.63. The molecule has 218 valence electrons. The number of fused-ring (bicyclic) bond motifs is 2. The predicted molar refractivity (Wildman–Crippen MR) is 157 cm³/mol. The Bertz CT molecular complexity index is 1940. The molecule has 1 aliphatic heterocycles. The van der Waals surface area contributed by atoms with Crippen LogP contribution in [-0.2, 0) is 12.8 Å². The molecular weight excluding hydrogens is 631 g/mol. The Hall–Kier alpha value is -4.84. The summed E-state index contributed by atoms with van der Waals surface area (Å²) in [6, 6.07) is 20.0. The Morgan fingerprint density at radius 3 is 2.63 bits per heavy atom. The maximum Gasteiger partial charge on any atom is 0.416 e. The van der Waals surface area contributed by atoms with Crippen LogP contribution in [0.15, 0.2) is 93.2 Å². The van der Waals surface area contributed by atoms with Gasteiger partial charge in [-0.1, -0.05) is 30.3 Å². The molecule has 4 aromatic carbocycles. The normalized spacial score (nSPS) is 12.7. The molecule has 1 aromatic heterocycles. The predicted octanol–water partition coefficient (Wildman–Crippen LogP) is 7.04. The fourth-order valence-electron chi connectivity index (χ4n) is 4.49. The minimum Gasteiger partial charge on any atom is -0.493 e. The van der Waals surface area contributed by atoms with Gasteiger partial charge in [-0.15, -0.1) is 0 Å². The summed E-state index contributed by atoms with van der Waals surface area (Å²) >= 11 is 3.51. The van der Waals surface area contributed by atoms with E-state index < -0.39 is 17.3 Å². The second-order valence-corrected chi connectivity index (χ2v) is 10.2. The second-order valence-electron chi connectivity index (χ2n) is 9.39. The Labute approximate surface area is 251 Å². The number of benzene rings is 4. The third kappa shape index (κ3) is 5.78. The zero-order chi connectivity index (χ0) is 30.1. The lowest BCUT2D eigenvalue weighted by Crippen LogP contribution is -2.20. The van der Waals surface area contributed by atoms with Crippen LogP contribution in [-0.4, -0.2) is 29.8 Å². The smallest absolute Gasteiger partial charge is 0.416 e. The number of methoxy groups -OCH3 is 1. The van der Waals surface area contributed by atoms with E-state index >= 15 is 0 Å². The molecule has 0 amide bonds. The van der Waals surface area contributed by atoms with Crippen molar-refractivity contribution in [3.8, 4) is 34.4 Å². The summed E-state index contributed by atoms with van der Waals surface area (Å²) in [5.74, 6) is 2.11. The van der Waals surface area contributed by atoms with Gasteiger partial charge in [0.25, 0.3) is 5.56 Å². The number of hydrogen-bond acceptors (Lipinski definition) is 7. The number of alkyl halides is 3. The second kappa shape index (κ2) is 11.4. The third-order valence-electron chi connectivity index (χ3n) is 6.63. The van der Waals surface area contributed by atoms with Crippen LogP contribution in [0.1, 0.15) is 16.7 Å². The minimum absolute atomic E-state index is 0.0437. The molecular formula is C31H21BrF3N3O5. The lowest BCUT2D eigenvalue weighted by molar-refractivity contribution is -0.137. The van der Waals surface area contributed by atoms with Crippen molar-refractivity contribution in [2.45, 2.75) is 12.8 Å². The van der Waals surface area contributed by atoms with Crippen LogP contribution >= 0.6 is 15.9 Å². The van der Waals surface area contributed by atoms with Gasteiger partial charge in [-0.3, -0.25) is 4.79 Å².